The van der Waals surface area contributed by atoms with E-state index in [9.17, 15) is 23.1 Å². The van der Waals surface area contributed by atoms with Crippen molar-refractivity contribution in [3.8, 4) is 17.2 Å². The van der Waals surface area contributed by atoms with Crippen molar-refractivity contribution >= 4 is 5.91 Å². The van der Waals surface area contributed by atoms with Gasteiger partial charge in [0.05, 0.1) is 19.8 Å². The standard InChI is InChI=1S/C25H32F3NO4/c1-15-9-16(2)14-29(13-15)23(31)12-20(17-5-7-18(8-6-17)25(26,27)28)24-21(30)10-19(32-3)11-22(24)33-4/h5,7-8,10-11,15-17,20,30H,6,9,12-14H2,1-4H3. The minimum Gasteiger partial charge on any atom is -0.507 e. The van der Waals surface area contributed by atoms with E-state index in [0.29, 0.717) is 42.0 Å². The van der Waals surface area contributed by atoms with Crippen molar-refractivity contribution in [2.45, 2.75) is 45.2 Å². The van der Waals surface area contributed by atoms with Crippen LogP contribution in [0, 0.1) is 17.8 Å². The maximum atomic E-state index is 13.3. The number of piperidine rings is 1. The van der Waals surface area contributed by atoms with Crippen LogP contribution in [0.3, 0.4) is 0 Å². The highest BCUT2D eigenvalue weighted by atomic mass is 19.4. The lowest BCUT2D eigenvalue weighted by molar-refractivity contribution is -0.134. The van der Waals surface area contributed by atoms with Gasteiger partial charge < -0.3 is 19.5 Å². The lowest BCUT2D eigenvalue weighted by Gasteiger charge is -2.37. The van der Waals surface area contributed by atoms with E-state index in [2.05, 4.69) is 13.8 Å². The highest BCUT2D eigenvalue weighted by molar-refractivity contribution is 5.78. The second kappa shape index (κ2) is 10.1. The molecule has 1 amide bonds. The molecule has 0 radical (unpaired) electrons. The lowest BCUT2D eigenvalue weighted by atomic mass is 9.77. The first-order valence-corrected chi connectivity index (χ1v) is 11.2. The van der Waals surface area contributed by atoms with Crippen LogP contribution >= 0.6 is 0 Å². The van der Waals surface area contributed by atoms with Crippen LogP contribution in [0.1, 0.15) is 44.6 Å². The molecule has 0 spiro atoms. The Hall–Kier alpha value is -2.64. The fourth-order valence-electron chi connectivity index (χ4n) is 5.04. The molecule has 1 fully saturated rings. The summed E-state index contributed by atoms with van der Waals surface area (Å²) in [5.41, 5.74) is -0.295. The first-order valence-electron chi connectivity index (χ1n) is 11.2. The van der Waals surface area contributed by atoms with Crippen molar-refractivity contribution in [3.63, 3.8) is 0 Å². The Morgan fingerprint density at radius 1 is 1.18 bits per heavy atom. The molecule has 0 aromatic heterocycles. The normalized spacial score (nSPS) is 24.3. The molecule has 1 aliphatic carbocycles. The molecular formula is C25H32F3NO4. The fraction of sp³-hybridized carbons (Fsp3) is 0.560. The molecule has 1 N–H and O–H groups in total. The number of hydrogen-bond donors (Lipinski definition) is 1. The maximum absolute atomic E-state index is 13.3. The number of benzene rings is 1. The third-order valence-electron chi connectivity index (χ3n) is 6.51. The highest BCUT2D eigenvalue weighted by Crippen LogP contribution is 2.46. The maximum Gasteiger partial charge on any atom is 0.416 e. The zero-order valence-corrected chi connectivity index (χ0v) is 19.5. The number of amides is 1. The van der Waals surface area contributed by atoms with E-state index in [1.54, 1.807) is 6.07 Å². The minimum absolute atomic E-state index is 0.0554. The van der Waals surface area contributed by atoms with Crippen molar-refractivity contribution in [1.82, 2.24) is 4.90 Å². The smallest absolute Gasteiger partial charge is 0.416 e. The van der Waals surface area contributed by atoms with Gasteiger partial charge in [0.15, 0.2) is 0 Å². The molecule has 4 unspecified atom stereocenters. The second-order valence-corrected chi connectivity index (χ2v) is 9.23. The van der Waals surface area contributed by atoms with Gasteiger partial charge in [0.1, 0.15) is 17.2 Å². The molecule has 0 saturated carbocycles. The summed E-state index contributed by atoms with van der Waals surface area (Å²) in [5, 5.41) is 10.8. The molecular weight excluding hydrogens is 435 g/mol. The van der Waals surface area contributed by atoms with Crippen LogP contribution in [-0.4, -0.2) is 49.4 Å². The predicted octanol–water partition coefficient (Wildman–Crippen LogP) is 5.45. The van der Waals surface area contributed by atoms with Crippen molar-refractivity contribution in [2.75, 3.05) is 27.3 Å². The monoisotopic (exact) mass is 467 g/mol. The Kier molecular flexibility index (Phi) is 7.65. The van der Waals surface area contributed by atoms with Crippen LogP contribution in [0.25, 0.3) is 0 Å². The summed E-state index contributed by atoms with van der Waals surface area (Å²) in [5.74, 6) is 0.331. The van der Waals surface area contributed by atoms with E-state index in [-0.39, 0.29) is 24.5 Å². The second-order valence-electron chi connectivity index (χ2n) is 9.23. The van der Waals surface area contributed by atoms with E-state index >= 15 is 0 Å². The summed E-state index contributed by atoms with van der Waals surface area (Å²) in [4.78, 5) is 15.2. The number of rotatable bonds is 6. The molecule has 33 heavy (non-hydrogen) atoms. The summed E-state index contributed by atoms with van der Waals surface area (Å²) in [6.07, 6.45) is 0.489. The van der Waals surface area contributed by atoms with Gasteiger partial charge in [0.2, 0.25) is 5.91 Å². The molecule has 1 aliphatic heterocycles. The molecule has 1 aromatic rings. The number of phenolic OH excluding ortho intramolecular Hbond substituents is 1. The number of alkyl halides is 3. The van der Waals surface area contributed by atoms with Crippen molar-refractivity contribution in [2.24, 2.45) is 17.8 Å². The molecule has 5 nitrogen and oxygen atoms in total. The van der Waals surface area contributed by atoms with Crippen LogP contribution in [0.5, 0.6) is 17.2 Å². The van der Waals surface area contributed by atoms with E-state index in [4.69, 9.17) is 9.47 Å². The largest absolute Gasteiger partial charge is 0.507 e. The zero-order valence-electron chi connectivity index (χ0n) is 19.5. The third-order valence-corrected chi connectivity index (χ3v) is 6.51. The van der Waals surface area contributed by atoms with Crippen molar-refractivity contribution < 1.29 is 32.5 Å². The molecule has 4 atom stereocenters. The number of halogens is 3. The van der Waals surface area contributed by atoms with Crippen LogP contribution in [0.4, 0.5) is 13.2 Å². The number of carbonyl (C=O) groups excluding carboxylic acids is 1. The molecule has 3 rings (SSSR count). The molecule has 1 saturated heterocycles. The van der Waals surface area contributed by atoms with Crippen LogP contribution in [0.2, 0.25) is 0 Å². The molecule has 182 valence electrons. The Labute approximate surface area is 192 Å². The van der Waals surface area contributed by atoms with E-state index in [0.717, 1.165) is 18.6 Å². The Balaban J connectivity index is 1.95. The summed E-state index contributed by atoms with van der Waals surface area (Å²) in [6, 6.07) is 3.05. The minimum atomic E-state index is -4.42. The summed E-state index contributed by atoms with van der Waals surface area (Å²) in [6.45, 7) is 5.53. The fourth-order valence-corrected chi connectivity index (χ4v) is 5.04. The number of methoxy groups -OCH3 is 2. The number of hydrogen-bond acceptors (Lipinski definition) is 4. The molecule has 2 aliphatic rings. The number of aromatic hydroxyl groups is 1. The SMILES string of the molecule is COc1cc(O)c(C(CC(=O)N2CC(C)CC(C)C2)C2C=CC(C(F)(F)F)=CC2)c(OC)c1. The van der Waals surface area contributed by atoms with E-state index in [1.807, 2.05) is 4.90 Å². The van der Waals surface area contributed by atoms with Gasteiger partial charge >= 0.3 is 6.18 Å². The van der Waals surface area contributed by atoms with E-state index in [1.165, 1.54) is 26.4 Å². The highest BCUT2D eigenvalue weighted by Gasteiger charge is 2.37. The average Bonchev–Trinajstić information content (AvgIpc) is 2.76. The Morgan fingerprint density at radius 2 is 1.85 bits per heavy atom. The molecule has 8 heteroatoms. The van der Waals surface area contributed by atoms with Gasteiger partial charge in [-0.25, -0.2) is 0 Å². The van der Waals surface area contributed by atoms with Gasteiger partial charge in [0, 0.05) is 43.1 Å². The van der Waals surface area contributed by atoms with Gasteiger partial charge in [-0.1, -0.05) is 32.1 Å². The number of carbonyl (C=O) groups is 1. The Morgan fingerprint density at radius 3 is 2.36 bits per heavy atom. The number of likely N-dealkylation sites (tertiary alicyclic amines) is 1. The van der Waals surface area contributed by atoms with Gasteiger partial charge in [0.25, 0.3) is 0 Å². The van der Waals surface area contributed by atoms with Crippen LogP contribution in [0.15, 0.2) is 35.9 Å². The third kappa shape index (κ3) is 5.84. The topological polar surface area (TPSA) is 59.0 Å². The van der Waals surface area contributed by atoms with Crippen LogP contribution in [-0.2, 0) is 4.79 Å². The number of allylic oxidation sites excluding steroid dienone is 4. The quantitative estimate of drug-likeness (QED) is 0.604. The first kappa shape index (κ1) is 25.0. The van der Waals surface area contributed by atoms with Crippen molar-refractivity contribution in [1.29, 1.82) is 0 Å². The van der Waals surface area contributed by atoms with Gasteiger partial charge in [-0.3, -0.25) is 4.79 Å². The summed E-state index contributed by atoms with van der Waals surface area (Å²) in [7, 11) is 2.91. The van der Waals surface area contributed by atoms with Gasteiger partial charge in [-0.2, -0.15) is 13.2 Å². The van der Waals surface area contributed by atoms with E-state index < -0.39 is 23.6 Å². The predicted molar refractivity (Wildman–Crippen MR) is 119 cm³/mol. The van der Waals surface area contributed by atoms with Gasteiger partial charge in [-0.15, -0.1) is 0 Å². The average molecular weight is 468 g/mol. The number of phenols is 1. The number of ether oxygens (including phenoxy) is 2. The van der Waals surface area contributed by atoms with Crippen LogP contribution < -0.4 is 9.47 Å². The van der Waals surface area contributed by atoms with Crippen molar-refractivity contribution in [3.05, 3.63) is 41.5 Å². The molecule has 0 bridgehead atoms. The Bertz CT molecular complexity index is 915. The lowest BCUT2D eigenvalue weighted by Crippen LogP contribution is -2.43. The first-order chi connectivity index (χ1) is 15.5. The summed E-state index contributed by atoms with van der Waals surface area (Å²) >= 11 is 0. The summed E-state index contributed by atoms with van der Waals surface area (Å²) < 4.78 is 50.1. The molecule has 1 heterocycles. The zero-order chi connectivity index (χ0) is 24.3. The molecule has 1 aromatic carbocycles. The number of nitrogens with zero attached hydrogens (tertiary/aromatic N) is 1. The van der Waals surface area contributed by atoms with Gasteiger partial charge in [-0.05, 0) is 30.6 Å².